The molecule has 1 saturated carbocycles. The van der Waals surface area contributed by atoms with Gasteiger partial charge >= 0.3 is 6.18 Å². The first-order valence-corrected chi connectivity index (χ1v) is 19.0. The van der Waals surface area contributed by atoms with E-state index in [2.05, 4.69) is 15.5 Å². The molecule has 9 nitrogen and oxygen atoms in total. The fraction of sp³-hybridized carbons (Fsp3) is 0.421. The van der Waals surface area contributed by atoms with Crippen molar-refractivity contribution in [2.75, 3.05) is 38.6 Å². The highest BCUT2D eigenvalue weighted by Crippen LogP contribution is 2.46. The fourth-order valence-corrected chi connectivity index (χ4v) is 7.94. The molecule has 0 atom stereocenters. The quantitative estimate of drug-likeness (QED) is 0.152. The van der Waals surface area contributed by atoms with Gasteiger partial charge in [-0.25, -0.2) is 13.4 Å². The highest BCUT2D eigenvalue weighted by molar-refractivity contribution is 7.91. The standard InChI is InChI=1S/C38H43F3N4O5S/c1-3-50-32-23-31-29(22-33(32)51(48,49)4-2)34(36(47)44-37(15-16-37)26-10-6-5-7-11-26)30(24-45-18-13-28(14-19-45)42-17-20-46)35(43-31)25-9-8-12-27(21-25)38(39,40)41/h5-12,21-23,28,42,46H,3-4,13-20,24H2,1-2H3,(H,44,47). The lowest BCUT2D eigenvalue weighted by Crippen LogP contribution is -2.43. The third-order valence-electron chi connectivity index (χ3n) is 9.80. The van der Waals surface area contributed by atoms with Crippen LogP contribution in [0.2, 0.25) is 0 Å². The number of pyridine rings is 1. The van der Waals surface area contributed by atoms with Crippen LogP contribution in [0, 0.1) is 0 Å². The maximum atomic E-state index is 14.8. The number of alkyl halides is 3. The number of ether oxygens (including phenoxy) is 1. The van der Waals surface area contributed by atoms with Crippen LogP contribution in [0.3, 0.4) is 0 Å². The second kappa shape index (κ2) is 14.9. The minimum Gasteiger partial charge on any atom is -0.492 e. The van der Waals surface area contributed by atoms with Gasteiger partial charge in [-0.1, -0.05) is 49.4 Å². The minimum atomic E-state index is -4.61. The van der Waals surface area contributed by atoms with E-state index in [9.17, 15) is 31.5 Å². The molecule has 1 amide bonds. The monoisotopic (exact) mass is 724 g/mol. The lowest BCUT2D eigenvalue weighted by molar-refractivity contribution is -0.137. The largest absolute Gasteiger partial charge is 0.492 e. The normalized spacial score (nSPS) is 16.7. The molecule has 6 rings (SSSR count). The van der Waals surface area contributed by atoms with Crippen molar-refractivity contribution in [1.82, 2.24) is 20.5 Å². The van der Waals surface area contributed by atoms with Crippen molar-refractivity contribution in [1.29, 1.82) is 0 Å². The molecule has 2 fully saturated rings. The van der Waals surface area contributed by atoms with Gasteiger partial charge in [-0.05, 0) is 69.5 Å². The number of benzene rings is 3. The summed E-state index contributed by atoms with van der Waals surface area (Å²) in [7, 11) is -3.83. The van der Waals surface area contributed by atoms with Crippen molar-refractivity contribution in [3.8, 4) is 17.0 Å². The van der Waals surface area contributed by atoms with E-state index in [1.54, 1.807) is 13.0 Å². The minimum absolute atomic E-state index is 0.0208. The molecule has 272 valence electrons. The van der Waals surface area contributed by atoms with Crippen LogP contribution in [0.1, 0.15) is 66.6 Å². The maximum absolute atomic E-state index is 14.8. The zero-order chi connectivity index (χ0) is 36.4. The molecule has 3 N–H and O–H groups in total. The Morgan fingerprint density at radius 2 is 1.76 bits per heavy atom. The van der Waals surface area contributed by atoms with Gasteiger partial charge in [0.05, 0.1) is 46.8 Å². The highest BCUT2D eigenvalue weighted by Gasteiger charge is 2.46. The van der Waals surface area contributed by atoms with E-state index >= 15 is 0 Å². The molecular formula is C38H43F3N4O5S. The molecule has 0 radical (unpaired) electrons. The molecule has 0 spiro atoms. The van der Waals surface area contributed by atoms with E-state index in [1.165, 1.54) is 25.1 Å². The van der Waals surface area contributed by atoms with Crippen LogP contribution >= 0.6 is 0 Å². The summed E-state index contributed by atoms with van der Waals surface area (Å²) < 4.78 is 74.8. The zero-order valence-electron chi connectivity index (χ0n) is 28.7. The van der Waals surface area contributed by atoms with E-state index in [4.69, 9.17) is 9.72 Å². The number of hydrogen-bond acceptors (Lipinski definition) is 8. The van der Waals surface area contributed by atoms with Crippen LogP contribution in [-0.4, -0.2) is 74.0 Å². The SMILES string of the molecule is CCOc1cc2nc(-c3cccc(C(F)(F)F)c3)c(CN3CCC(NCCO)CC3)c(C(=O)NC3(c4ccccc4)CC3)c2cc1S(=O)(=O)CC. The first-order chi connectivity index (χ1) is 24.4. The van der Waals surface area contributed by atoms with Crippen LogP contribution in [0.25, 0.3) is 22.2 Å². The molecule has 4 aromatic rings. The number of hydrogen-bond donors (Lipinski definition) is 3. The molecule has 1 aliphatic heterocycles. The number of carbonyl (C=O) groups excluding carboxylic acids is 1. The van der Waals surface area contributed by atoms with Crippen molar-refractivity contribution in [2.24, 2.45) is 0 Å². The predicted molar refractivity (Wildman–Crippen MR) is 189 cm³/mol. The number of halogens is 3. The van der Waals surface area contributed by atoms with Gasteiger partial charge in [0.2, 0.25) is 0 Å². The van der Waals surface area contributed by atoms with Gasteiger partial charge in [-0.3, -0.25) is 9.69 Å². The Kier molecular flexibility index (Phi) is 10.7. The number of aliphatic hydroxyl groups excluding tert-OH is 1. The summed E-state index contributed by atoms with van der Waals surface area (Å²) in [5.74, 6) is -0.608. The lowest BCUT2D eigenvalue weighted by atomic mass is 9.93. The number of amides is 1. The Morgan fingerprint density at radius 1 is 1.04 bits per heavy atom. The van der Waals surface area contributed by atoms with E-state index < -0.39 is 33.0 Å². The van der Waals surface area contributed by atoms with Gasteiger partial charge in [0.25, 0.3) is 5.91 Å². The summed E-state index contributed by atoms with van der Waals surface area (Å²) in [5, 5.41) is 16.1. The molecular weight excluding hydrogens is 682 g/mol. The van der Waals surface area contributed by atoms with Gasteiger partial charge in [0.15, 0.2) is 9.84 Å². The Hall–Kier alpha value is -4.04. The number of carbonyl (C=O) groups is 1. The summed E-state index contributed by atoms with van der Waals surface area (Å²) in [6.45, 7) is 5.33. The van der Waals surface area contributed by atoms with Gasteiger partial charge in [0.1, 0.15) is 10.6 Å². The van der Waals surface area contributed by atoms with E-state index in [-0.39, 0.29) is 69.9 Å². The molecule has 3 aromatic carbocycles. The molecule has 1 aliphatic carbocycles. The number of likely N-dealkylation sites (tertiary alicyclic amines) is 1. The fourth-order valence-electron chi connectivity index (χ4n) is 6.91. The summed E-state index contributed by atoms with van der Waals surface area (Å²) in [6.07, 6.45) is -1.71. The third kappa shape index (κ3) is 7.91. The number of aliphatic hydroxyl groups is 1. The number of fused-ring (bicyclic) bond motifs is 1. The van der Waals surface area contributed by atoms with Gasteiger partial charge in [0, 0.05) is 41.7 Å². The van der Waals surface area contributed by atoms with Crippen LogP contribution in [0.15, 0.2) is 71.6 Å². The molecule has 0 bridgehead atoms. The predicted octanol–water partition coefficient (Wildman–Crippen LogP) is 6.08. The second-order valence-corrected chi connectivity index (χ2v) is 15.4. The molecule has 1 saturated heterocycles. The first kappa shape index (κ1) is 36.7. The van der Waals surface area contributed by atoms with Gasteiger partial charge in [-0.15, -0.1) is 0 Å². The first-order valence-electron chi connectivity index (χ1n) is 17.4. The third-order valence-corrected chi connectivity index (χ3v) is 11.5. The average Bonchev–Trinajstić information content (AvgIpc) is 3.91. The van der Waals surface area contributed by atoms with Crippen LogP contribution in [-0.2, 0) is 28.1 Å². The van der Waals surface area contributed by atoms with Crippen LogP contribution < -0.4 is 15.4 Å². The van der Waals surface area contributed by atoms with Gasteiger partial charge in [-0.2, -0.15) is 13.2 Å². The number of nitrogens with zero attached hydrogens (tertiary/aromatic N) is 2. The molecule has 51 heavy (non-hydrogen) atoms. The van der Waals surface area contributed by atoms with Gasteiger partial charge < -0.3 is 20.5 Å². The lowest BCUT2D eigenvalue weighted by Gasteiger charge is -2.33. The maximum Gasteiger partial charge on any atom is 0.416 e. The molecule has 2 aliphatic rings. The zero-order valence-corrected chi connectivity index (χ0v) is 29.5. The van der Waals surface area contributed by atoms with Crippen molar-refractivity contribution in [2.45, 2.75) is 68.7 Å². The summed E-state index contributed by atoms with van der Waals surface area (Å²) in [4.78, 5) is 21.8. The number of sulfone groups is 1. The Labute approximate surface area is 296 Å². The van der Waals surface area contributed by atoms with Crippen molar-refractivity contribution < 1.29 is 36.2 Å². The Morgan fingerprint density at radius 3 is 2.39 bits per heavy atom. The smallest absolute Gasteiger partial charge is 0.416 e. The summed E-state index contributed by atoms with van der Waals surface area (Å²) >= 11 is 0. The average molecular weight is 725 g/mol. The van der Waals surface area contributed by atoms with Crippen molar-refractivity contribution >= 4 is 26.6 Å². The van der Waals surface area contributed by atoms with E-state index in [1.807, 2.05) is 30.3 Å². The molecule has 2 heterocycles. The Bertz CT molecular complexity index is 1990. The number of aromatic nitrogens is 1. The molecule has 0 unspecified atom stereocenters. The Balaban J connectivity index is 1.58. The van der Waals surface area contributed by atoms with Crippen molar-refractivity contribution in [3.63, 3.8) is 0 Å². The number of nitrogens with one attached hydrogen (secondary N) is 2. The summed E-state index contributed by atoms with van der Waals surface area (Å²) in [5.41, 5.74) is 0.643. The van der Waals surface area contributed by atoms with Crippen LogP contribution in [0.4, 0.5) is 13.2 Å². The summed E-state index contributed by atoms with van der Waals surface area (Å²) in [6, 6.07) is 17.6. The highest BCUT2D eigenvalue weighted by atomic mass is 32.2. The van der Waals surface area contributed by atoms with Crippen molar-refractivity contribution in [3.05, 3.63) is 89.0 Å². The number of piperidine rings is 1. The van der Waals surface area contributed by atoms with Crippen LogP contribution in [0.5, 0.6) is 5.75 Å². The molecule has 13 heteroatoms. The second-order valence-electron chi connectivity index (χ2n) is 13.2. The van der Waals surface area contributed by atoms with E-state index in [0.29, 0.717) is 38.0 Å². The number of rotatable bonds is 13. The van der Waals surface area contributed by atoms with E-state index in [0.717, 1.165) is 30.5 Å². The molecule has 1 aromatic heterocycles. The topological polar surface area (TPSA) is 121 Å².